The molecule has 14 heavy (non-hydrogen) atoms. The Kier molecular flexibility index (Phi) is 2.82. The van der Waals surface area contributed by atoms with Gasteiger partial charge in [-0.25, -0.2) is 4.79 Å². The van der Waals surface area contributed by atoms with Gasteiger partial charge >= 0.3 is 6.03 Å². The zero-order valence-corrected chi connectivity index (χ0v) is 7.60. The van der Waals surface area contributed by atoms with Crippen LogP contribution in [0, 0.1) is 0 Å². The Labute approximate surface area is 80.1 Å². The van der Waals surface area contributed by atoms with Crippen LogP contribution < -0.4 is 16.8 Å². The topological polar surface area (TPSA) is 116 Å². The fourth-order valence-electron chi connectivity index (χ4n) is 0.951. The minimum atomic E-state index is -0.934. The second-order valence-electron chi connectivity index (χ2n) is 2.78. The molecule has 1 aromatic heterocycles. The molecule has 1 unspecified atom stereocenters. The van der Waals surface area contributed by atoms with Crippen molar-refractivity contribution in [2.24, 2.45) is 18.5 Å². The van der Waals surface area contributed by atoms with Crippen molar-refractivity contribution in [2.75, 3.05) is 0 Å². The van der Waals surface area contributed by atoms with E-state index >= 15 is 0 Å². The number of aryl methyl sites for hydroxylation is 1. The molecule has 0 bridgehead atoms. The molecule has 1 aromatic rings. The summed E-state index contributed by atoms with van der Waals surface area (Å²) >= 11 is 0. The van der Waals surface area contributed by atoms with Crippen LogP contribution in [0.3, 0.4) is 0 Å². The van der Waals surface area contributed by atoms with Gasteiger partial charge in [0.1, 0.15) is 6.04 Å². The van der Waals surface area contributed by atoms with E-state index in [4.69, 9.17) is 11.5 Å². The number of imide groups is 1. The second-order valence-corrected chi connectivity index (χ2v) is 2.78. The number of nitrogens with zero attached hydrogens (tertiary/aromatic N) is 2. The van der Waals surface area contributed by atoms with Crippen LogP contribution in [0.1, 0.15) is 11.6 Å². The van der Waals surface area contributed by atoms with Crippen LogP contribution in [0.2, 0.25) is 0 Å². The van der Waals surface area contributed by atoms with Gasteiger partial charge in [-0.3, -0.25) is 14.8 Å². The first-order valence-electron chi connectivity index (χ1n) is 3.85. The lowest BCUT2D eigenvalue weighted by Crippen LogP contribution is -2.40. The lowest BCUT2D eigenvalue weighted by Gasteiger charge is -2.07. The van der Waals surface area contributed by atoms with E-state index in [-0.39, 0.29) is 0 Å². The van der Waals surface area contributed by atoms with Crippen molar-refractivity contribution >= 4 is 11.9 Å². The van der Waals surface area contributed by atoms with Gasteiger partial charge in [0.15, 0.2) is 0 Å². The Morgan fingerprint density at radius 3 is 2.71 bits per heavy atom. The Balaban J connectivity index is 2.70. The van der Waals surface area contributed by atoms with Gasteiger partial charge in [0.2, 0.25) is 5.91 Å². The molecule has 1 atom stereocenters. The van der Waals surface area contributed by atoms with Crippen LogP contribution >= 0.6 is 0 Å². The highest BCUT2D eigenvalue weighted by molar-refractivity contribution is 5.96. The maximum atomic E-state index is 11.2. The minimum absolute atomic E-state index is 0.520. The first kappa shape index (κ1) is 10.2. The number of hydrogen-bond acceptors (Lipinski definition) is 4. The monoisotopic (exact) mass is 197 g/mol. The molecule has 0 aliphatic rings. The number of nitrogens with two attached hydrogens (primary N) is 2. The lowest BCUT2D eigenvalue weighted by atomic mass is 10.1. The smallest absolute Gasteiger partial charge is 0.318 e. The summed E-state index contributed by atoms with van der Waals surface area (Å²) in [5.74, 6) is -0.648. The van der Waals surface area contributed by atoms with E-state index < -0.39 is 18.0 Å². The van der Waals surface area contributed by atoms with Gasteiger partial charge in [-0.1, -0.05) is 0 Å². The summed E-state index contributed by atoms with van der Waals surface area (Å²) in [5.41, 5.74) is 10.8. The summed E-state index contributed by atoms with van der Waals surface area (Å²) in [4.78, 5) is 21.6. The molecule has 0 aliphatic carbocycles. The van der Waals surface area contributed by atoms with Crippen molar-refractivity contribution in [1.82, 2.24) is 15.1 Å². The van der Waals surface area contributed by atoms with E-state index in [1.165, 1.54) is 10.9 Å². The van der Waals surface area contributed by atoms with Gasteiger partial charge in [-0.05, 0) is 0 Å². The predicted molar refractivity (Wildman–Crippen MR) is 47.9 cm³/mol. The van der Waals surface area contributed by atoms with Crippen LogP contribution in [0.5, 0.6) is 0 Å². The van der Waals surface area contributed by atoms with E-state index in [0.717, 1.165) is 0 Å². The van der Waals surface area contributed by atoms with Crippen molar-refractivity contribution < 1.29 is 9.59 Å². The molecular formula is C7H11N5O2. The molecule has 3 amide bonds. The normalized spacial score (nSPS) is 12.1. The van der Waals surface area contributed by atoms with Crippen LogP contribution in [0.15, 0.2) is 12.4 Å². The quantitative estimate of drug-likeness (QED) is 0.541. The standard InChI is InChI=1S/C7H11N5O2/c1-12-3-4(2-10-12)5(8)6(13)11-7(9)14/h2-3,5H,8H2,1H3,(H3,9,11,13,14). The molecule has 0 saturated heterocycles. The van der Waals surface area contributed by atoms with Crippen molar-refractivity contribution in [3.8, 4) is 0 Å². The van der Waals surface area contributed by atoms with Crippen LogP contribution in [0.25, 0.3) is 0 Å². The van der Waals surface area contributed by atoms with E-state index in [2.05, 4.69) is 5.10 Å². The number of nitrogens with one attached hydrogen (secondary N) is 1. The third-order valence-corrected chi connectivity index (χ3v) is 1.61. The maximum Gasteiger partial charge on any atom is 0.318 e. The third kappa shape index (κ3) is 2.30. The Hall–Kier alpha value is -1.89. The Morgan fingerprint density at radius 2 is 2.29 bits per heavy atom. The summed E-state index contributed by atoms with van der Waals surface area (Å²) < 4.78 is 1.51. The molecule has 1 rings (SSSR count). The largest absolute Gasteiger partial charge is 0.351 e. The Bertz CT molecular complexity index is 359. The predicted octanol–water partition coefficient (Wildman–Crippen LogP) is -1.39. The number of carbonyl (C=O) groups is 2. The number of urea groups is 1. The van der Waals surface area contributed by atoms with E-state index in [1.807, 2.05) is 5.32 Å². The molecule has 1 heterocycles. The van der Waals surface area contributed by atoms with Crippen molar-refractivity contribution in [1.29, 1.82) is 0 Å². The van der Waals surface area contributed by atoms with Gasteiger partial charge in [0.25, 0.3) is 0 Å². The highest BCUT2D eigenvalue weighted by Crippen LogP contribution is 2.07. The molecule has 0 radical (unpaired) electrons. The molecular weight excluding hydrogens is 186 g/mol. The van der Waals surface area contributed by atoms with Crippen molar-refractivity contribution in [3.05, 3.63) is 18.0 Å². The number of hydrogen-bond donors (Lipinski definition) is 3. The summed E-state index contributed by atoms with van der Waals surface area (Å²) in [7, 11) is 1.70. The summed E-state index contributed by atoms with van der Waals surface area (Å²) in [6.07, 6.45) is 3.04. The van der Waals surface area contributed by atoms with Gasteiger partial charge in [0.05, 0.1) is 6.20 Å². The van der Waals surface area contributed by atoms with Crippen molar-refractivity contribution in [3.63, 3.8) is 0 Å². The molecule has 76 valence electrons. The van der Waals surface area contributed by atoms with E-state index in [9.17, 15) is 9.59 Å². The van der Waals surface area contributed by atoms with Gasteiger partial charge in [-0.15, -0.1) is 0 Å². The van der Waals surface area contributed by atoms with E-state index in [1.54, 1.807) is 13.2 Å². The highest BCUT2D eigenvalue weighted by Gasteiger charge is 2.18. The van der Waals surface area contributed by atoms with Gasteiger partial charge in [-0.2, -0.15) is 5.10 Å². The molecule has 0 spiro atoms. The zero-order valence-electron chi connectivity index (χ0n) is 7.60. The Morgan fingerprint density at radius 1 is 1.64 bits per heavy atom. The maximum absolute atomic E-state index is 11.2. The molecule has 0 fully saturated rings. The first-order valence-corrected chi connectivity index (χ1v) is 3.85. The molecule has 0 aromatic carbocycles. The molecule has 0 saturated carbocycles. The molecule has 0 aliphatic heterocycles. The SMILES string of the molecule is Cn1cc(C(N)C(=O)NC(N)=O)cn1. The lowest BCUT2D eigenvalue weighted by molar-refractivity contribution is -0.121. The van der Waals surface area contributed by atoms with Gasteiger partial charge in [0, 0.05) is 18.8 Å². The van der Waals surface area contributed by atoms with Gasteiger partial charge < -0.3 is 11.5 Å². The number of rotatable bonds is 2. The highest BCUT2D eigenvalue weighted by atomic mass is 16.2. The average molecular weight is 197 g/mol. The van der Waals surface area contributed by atoms with Crippen LogP contribution in [0.4, 0.5) is 4.79 Å². The van der Waals surface area contributed by atoms with E-state index in [0.29, 0.717) is 5.56 Å². The number of aromatic nitrogens is 2. The zero-order chi connectivity index (χ0) is 10.7. The van der Waals surface area contributed by atoms with Crippen molar-refractivity contribution in [2.45, 2.75) is 6.04 Å². The summed E-state index contributed by atoms with van der Waals surface area (Å²) in [6.45, 7) is 0. The minimum Gasteiger partial charge on any atom is -0.351 e. The van der Waals surface area contributed by atoms with Crippen LogP contribution in [-0.4, -0.2) is 21.7 Å². The number of amides is 3. The average Bonchev–Trinajstić information content (AvgIpc) is 2.49. The number of carbonyl (C=O) groups excluding carboxylic acids is 2. The summed E-state index contributed by atoms with van der Waals surface area (Å²) in [5, 5.41) is 5.73. The summed E-state index contributed by atoms with van der Waals surface area (Å²) in [6, 6.07) is -1.86. The van der Waals surface area contributed by atoms with Crippen LogP contribution in [-0.2, 0) is 11.8 Å². The third-order valence-electron chi connectivity index (χ3n) is 1.61. The molecule has 7 nitrogen and oxygen atoms in total. The fraction of sp³-hybridized carbons (Fsp3) is 0.286. The second kappa shape index (κ2) is 3.88. The molecule has 7 heteroatoms. The fourth-order valence-corrected chi connectivity index (χ4v) is 0.951. The first-order chi connectivity index (χ1) is 6.50. The molecule has 5 N–H and O–H groups in total. The number of primary amides is 1.